The lowest BCUT2D eigenvalue weighted by molar-refractivity contribution is 0.0953. The van der Waals surface area contributed by atoms with Gasteiger partial charge in [-0.15, -0.1) is 0 Å². The second kappa shape index (κ2) is 11.9. The number of carbonyl (C=O) groups excluding carboxylic acids is 1. The largest absolute Gasteiger partial charge is 0.508 e. The number of guanidine groups is 1. The minimum absolute atomic E-state index is 0.0716. The molecule has 1 amide bonds. The van der Waals surface area contributed by atoms with Crippen LogP contribution in [0.2, 0.25) is 0 Å². The van der Waals surface area contributed by atoms with Gasteiger partial charge in [0.1, 0.15) is 11.6 Å². The second-order valence-electron chi connectivity index (χ2n) is 7.83. The van der Waals surface area contributed by atoms with E-state index in [9.17, 15) is 14.3 Å². The molecule has 0 aliphatic carbocycles. The lowest BCUT2D eigenvalue weighted by Gasteiger charge is -2.35. The number of nitrogens with zero attached hydrogens (tertiary/aromatic N) is 2. The van der Waals surface area contributed by atoms with Crippen molar-refractivity contribution in [3.8, 4) is 5.75 Å². The minimum atomic E-state index is -0.219. The molecule has 1 aliphatic rings. The van der Waals surface area contributed by atoms with Crippen LogP contribution >= 0.6 is 0 Å². The molecule has 7 nitrogen and oxygen atoms in total. The molecule has 172 valence electrons. The average molecular weight is 442 g/mol. The molecule has 2 aromatic carbocycles. The van der Waals surface area contributed by atoms with Crippen LogP contribution in [-0.2, 0) is 0 Å². The first kappa shape index (κ1) is 23.4. The zero-order chi connectivity index (χ0) is 22.8. The first-order valence-corrected chi connectivity index (χ1v) is 11.2. The number of amides is 1. The Morgan fingerprint density at radius 2 is 2.06 bits per heavy atom. The van der Waals surface area contributed by atoms with Gasteiger partial charge in [0.05, 0.1) is 0 Å². The molecule has 2 aromatic rings. The van der Waals surface area contributed by atoms with Crippen LogP contribution in [0.5, 0.6) is 5.75 Å². The highest BCUT2D eigenvalue weighted by molar-refractivity contribution is 5.94. The zero-order valence-corrected chi connectivity index (χ0v) is 18.5. The van der Waals surface area contributed by atoms with Gasteiger partial charge < -0.3 is 26.0 Å². The van der Waals surface area contributed by atoms with Gasteiger partial charge in [-0.05, 0) is 62.6 Å². The Hall–Kier alpha value is -3.29. The summed E-state index contributed by atoms with van der Waals surface area (Å²) in [6.45, 7) is 5.53. The third kappa shape index (κ3) is 7.14. The first-order valence-electron chi connectivity index (χ1n) is 11.2. The quantitative estimate of drug-likeness (QED) is 0.287. The number of nitrogens with one attached hydrogen (secondary N) is 3. The molecule has 1 heterocycles. The number of hydrogen-bond donors (Lipinski definition) is 4. The fourth-order valence-electron chi connectivity index (χ4n) is 3.74. The standard InChI is InChI=1S/C24H32FN5O2/c1-2-26-24(28-13-6-12-27-23(32)18-7-3-11-22(31)15-18)29-20-9-5-14-30(17-20)21-10-4-8-19(25)16-21/h3-4,7-8,10-11,15-16,20,31H,2,5-6,9,12-14,17H2,1H3,(H,27,32)(H2,26,28,29). The van der Waals surface area contributed by atoms with Crippen LogP contribution in [0.15, 0.2) is 53.5 Å². The van der Waals surface area contributed by atoms with E-state index in [0.29, 0.717) is 25.1 Å². The number of phenolic OH excluding ortho intramolecular Hbond substituents is 1. The van der Waals surface area contributed by atoms with Crippen LogP contribution in [0.1, 0.15) is 36.5 Å². The number of aromatic hydroxyl groups is 1. The molecule has 1 fully saturated rings. The average Bonchev–Trinajstić information content (AvgIpc) is 2.79. The number of aliphatic imine (C=N–C) groups is 1. The van der Waals surface area contributed by atoms with E-state index >= 15 is 0 Å². The molecular formula is C24H32FN5O2. The van der Waals surface area contributed by atoms with Crippen molar-refractivity contribution in [2.75, 3.05) is 37.6 Å². The molecule has 1 atom stereocenters. The Bertz CT molecular complexity index is 921. The van der Waals surface area contributed by atoms with Crippen LogP contribution in [0.4, 0.5) is 10.1 Å². The van der Waals surface area contributed by atoms with E-state index < -0.39 is 0 Å². The minimum Gasteiger partial charge on any atom is -0.508 e. The lowest BCUT2D eigenvalue weighted by atomic mass is 10.0. The molecule has 1 aliphatic heterocycles. The normalized spacial score (nSPS) is 16.5. The summed E-state index contributed by atoms with van der Waals surface area (Å²) in [5, 5.41) is 19.1. The van der Waals surface area contributed by atoms with E-state index in [4.69, 9.17) is 0 Å². The SMILES string of the molecule is CCNC(=NCCCNC(=O)c1cccc(O)c1)NC1CCCN(c2cccc(F)c2)C1. The third-order valence-corrected chi connectivity index (χ3v) is 5.28. The summed E-state index contributed by atoms with van der Waals surface area (Å²) in [7, 11) is 0. The van der Waals surface area contributed by atoms with Crippen molar-refractivity contribution in [3.05, 3.63) is 59.9 Å². The van der Waals surface area contributed by atoms with Crippen molar-refractivity contribution < 1.29 is 14.3 Å². The summed E-state index contributed by atoms with van der Waals surface area (Å²) in [5.74, 6) is 0.387. The van der Waals surface area contributed by atoms with Gasteiger partial charge in [-0.2, -0.15) is 0 Å². The van der Waals surface area contributed by atoms with E-state index in [2.05, 4.69) is 25.8 Å². The number of hydrogen-bond acceptors (Lipinski definition) is 4. The van der Waals surface area contributed by atoms with Gasteiger partial charge in [0, 0.05) is 50.0 Å². The first-order chi connectivity index (χ1) is 15.5. The highest BCUT2D eigenvalue weighted by Crippen LogP contribution is 2.20. The fourth-order valence-corrected chi connectivity index (χ4v) is 3.74. The van der Waals surface area contributed by atoms with Gasteiger partial charge in [-0.1, -0.05) is 12.1 Å². The van der Waals surface area contributed by atoms with Gasteiger partial charge in [0.2, 0.25) is 0 Å². The number of benzene rings is 2. The molecule has 8 heteroatoms. The van der Waals surface area contributed by atoms with Crippen LogP contribution in [0.3, 0.4) is 0 Å². The Morgan fingerprint density at radius 1 is 1.22 bits per heavy atom. The van der Waals surface area contributed by atoms with Gasteiger partial charge in [-0.3, -0.25) is 9.79 Å². The van der Waals surface area contributed by atoms with Crippen molar-refractivity contribution >= 4 is 17.6 Å². The van der Waals surface area contributed by atoms with Gasteiger partial charge >= 0.3 is 0 Å². The molecular weight excluding hydrogens is 409 g/mol. The number of phenols is 1. The molecule has 1 unspecified atom stereocenters. The summed E-state index contributed by atoms with van der Waals surface area (Å²) in [6.07, 6.45) is 2.74. The Morgan fingerprint density at radius 3 is 2.84 bits per heavy atom. The highest BCUT2D eigenvalue weighted by Gasteiger charge is 2.21. The van der Waals surface area contributed by atoms with Gasteiger partial charge in [-0.25, -0.2) is 4.39 Å². The van der Waals surface area contributed by atoms with Crippen LogP contribution in [0, 0.1) is 5.82 Å². The highest BCUT2D eigenvalue weighted by atomic mass is 19.1. The smallest absolute Gasteiger partial charge is 0.251 e. The van der Waals surface area contributed by atoms with E-state index in [1.165, 1.54) is 18.2 Å². The number of rotatable bonds is 8. The zero-order valence-electron chi connectivity index (χ0n) is 18.5. The molecule has 32 heavy (non-hydrogen) atoms. The Balaban J connectivity index is 1.46. The maximum absolute atomic E-state index is 13.6. The van der Waals surface area contributed by atoms with E-state index in [0.717, 1.165) is 44.1 Å². The lowest BCUT2D eigenvalue weighted by Crippen LogP contribution is -2.51. The predicted molar refractivity (Wildman–Crippen MR) is 126 cm³/mol. The number of piperidine rings is 1. The summed E-state index contributed by atoms with van der Waals surface area (Å²) >= 11 is 0. The summed E-state index contributed by atoms with van der Waals surface area (Å²) in [6, 6.07) is 13.2. The molecule has 0 radical (unpaired) electrons. The van der Waals surface area contributed by atoms with E-state index in [-0.39, 0.29) is 23.5 Å². The molecule has 0 spiro atoms. The maximum Gasteiger partial charge on any atom is 0.251 e. The monoisotopic (exact) mass is 441 g/mol. The molecule has 1 saturated heterocycles. The fraction of sp³-hybridized carbons (Fsp3) is 0.417. The predicted octanol–water partition coefficient (Wildman–Crippen LogP) is 2.88. The van der Waals surface area contributed by atoms with Gasteiger partial charge in [0.15, 0.2) is 5.96 Å². The number of carbonyl (C=O) groups is 1. The van der Waals surface area contributed by atoms with E-state index in [1.807, 2.05) is 13.0 Å². The molecule has 4 N–H and O–H groups in total. The van der Waals surface area contributed by atoms with E-state index in [1.54, 1.807) is 24.3 Å². The van der Waals surface area contributed by atoms with Gasteiger partial charge in [0.25, 0.3) is 5.91 Å². The number of anilines is 1. The molecule has 0 bridgehead atoms. The van der Waals surface area contributed by atoms with Crippen molar-refractivity contribution in [1.29, 1.82) is 0 Å². The van der Waals surface area contributed by atoms with Crippen LogP contribution in [0.25, 0.3) is 0 Å². The van der Waals surface area contributed by atoms with Crippen molar-refractivity contribution in [2.45, 2.75) is 32.2 Å². The maximum atomic E-state index is 13.6. The van der Waals surface area contributed by atoms with Crippen molar-refractivity contribution in [1.82, 2.24) is 16.0 Å². The topological polar surface area (TPSA) is 89.0 Å². The van der Waals surface area contributed by atoms with Crippen molar-refractivity contribution in [2.24, 2.45) is 4.99 Å². The van der Waals surface area contributed by atoms with Crippen molar-refractivity contribution in [3.63, 3.8) is 0 Å². The molecule has 3 rings (SSSR count). The summed E-state index contributed by atoms with van der Waals surface area (Å²) < 4.78 is 13.6. The number of halogens is 1. The third-order valence-electron chi connectivity index (χ3n) is 5.28. The Kier molecular flexibility index (Phi) is 8.71. The summed E-state index contributed by atoms with van der Waals surface area (Å²) in [4.78, 5) is 18.9. The van der Waals surface area contributed by atoms with Crippen LogP contribution < -0.4 is 20.9 Å². The molecule has 0 aromatic heterocycles. The molecule has 0 saturated carbocycles. The summed E-state index contributed by atoms with van der Waals surface area (Å²) in [5.41, 5.74) is 1.34. The Labute approximate surface area is 188 Å². The second-order valence-corrected chi connectivity index (χ2v) is 7.83. The van der Waals surface area contributed by atoms with Crippen LogP contribution in [-0.4, -0.2) is 55.7 Å².